The van der Waals surface area contributed by atoms with Crippen molar-refractivity contribution in [3.05, 3.63) is 22.7 Å². The molecule has 5 heteroatoms. The minimum Gasteiger partial charge on any atom is -0.379 e. The van der Waals surface area contributed by atoms with Gasteiger partial charge in [-0.2, -0.15) is 0 Å². The van der Waals surface area contributed by atoms with Crippen LogP contribution >= 0.6 is 11.6 Å². The second kappa shape index (κ2) is 12.1. The molecule has 0 radical (unpaired) electrons. The van der Waals surface area contributed by atoms with Gasteiger partial charge in [0, 0.05) is 37.1 Å². The van der Waals surface area contributed by atoms with E-state index in [0.29, 0.717) is 5.28 Å². The molecule has 0 atom stereocenters. The molecule has 0 N–H and O–H groups in total. The van der Waals surface area contributed by atoms with E-state index in [9.17, 15) is 0 Å². The van der Waals surface area contributed by atoms with Crippen LogP contribution in [0.2, 0.25) is 5.28 Å². The zero-order valence-electron chi connectivity index (χ0n) is 13.4. The lowest BCUT2D eigenvalue weighted by Gasteiger charge is -2.26. The van der Waals surface area contributed by atoms with Crippen molar-refractivity contribution in [2.75, 3.05) is 26.3 Å². The van der Waals surface area contributed by atoms with E-state index < -0.39 is 0 Å². The van der Waals surface area contributed by atoms with Crippen molar-refractivity contribution < 1.29 is 4.74 Å². The zero-order chi connectivity index (χ0) is 15.4. The van der Waals surface area contributed by atoms with Crippen LogP contribution in [0.15, 0.2) is 6.20 Å². The number of ether oxygens (including phenoxy) is 1. The molecule has 0 saturated carbocycles. The maximum absolute atomic E-state index is 5.78. The van der Waals surface area contributed by atoms with Gasteiger partial charge in [-0.05, 0) is 18.0 Å². The number of halogens is 1. The third kappa shape index (κ3) is 6.64. The fourth-order valence-corrected chi connectivity index (χ4v) is 2.01. The van der Waals surface area contributed by atoms with Crippen LogP contribution in [-0.4, -0.2) is 41.2 Å². The van der Waals surface area contributed by atoms with Crippen LogP contribution in [0.25, 0.3) is 0 Å². The minimum atomic E-state index is 0.336. The van der Waals surface area contributed by atoms with E-state index in [1.54, 1.807) is 0 Å². The second-order valence-corrected chi connectivity index (χ2v) is 4.19. The first-order valence-corrected chi connectivity index (χ1v) is 7.97. The monoisotopic (exact) mass is 301 g/mol. The predicted molar refractivity (Wildman–Crippen MR) is 85.2 cm³/mol. The average Bonchev–Trinajstić information content (AvgIpc) is 2.54. The van der Waals surface area contributed by atoms with E-state index in [1.165, 1.54) is 5.56 Å². The first-order chi connectivity index (χ1) is 9.79. The predicted octanol–water partition coefficient (Wildman–Crippen LogP) is 3.58. The molecule has 116 valence electrons. The van der Waals surface area contributed by atoms with Crippen molar-refractivity contribution in [2.45, 2.75) is 47.6 Å². The van der Waals surface area contributed by atoms with E-state index in [1.807, 2.05) is 33.9 Å². The van der Waals surface area contributed by atoms with Crippen molar-refractivity contribution in [1.82, 2.24) is 14.9 Å². The summed E-state index contributed by atoms with van der Waals surface area (Å²) in [7, 11) is 0. The fraction of sp³-hybridized carbons (Fsp3) is 0.733. The molecule has 0 amide bonds. The summed E-state index contributed by atoms with van der Waals surface area (Å²) in [5.74, 6) is 0. The van der Waals surface area contributed by atoms with Crippen LogP contribution in [-0.2, 0) is 17.7 Å². The van der Waals surface area contributed by atoms with Gasteiger partial charge in [0.25, 0.3) is 0 Å². The van der Waals surface area contributed by atoms with Gasteiger partial charge in [0.2, 0.25) is 5.28 Å². The van der Waals surface area contributed by atoms with Crippen LogP contribution < -0.4 is 0 Å². The maximum Gasteiger partial charge on any atom is 0.222 e. The third-order valence-corrected chi connectivity index (χ3v) is 2.94. The van der Waals surface area contributed by atoms with E-state index >= 15 is 0 Å². The van der Waals surface area contributed by atoms with Gasteiger partial charge in [-0.1, -0.05) is 34.6 Å². The number of aryl methyl sites for hydroxylation is 1. The number of morpholine rings is 1. The molecule has 1 fully saturated rings. The van der Waals surface area contributed by atoms with Gasteiger partial charge in [-0.25, -0.2) is 9.97 Å². The van der Waals surface area contributed by atoms with Gasteiger partial charge in [0.05, 0.1) is 13.2 Å². The molecular weight excluding hydrogens is 274 g/mol. The minimum absolute atomic E-state index is 0.336. The van der Waals surface area contributed by atoms with E-state index in [2.05, 4.69) is 21.8 Å². The number of nitrogens with zero attached hydrogens (tertiary/aromatic N) is 3. The Morgan fingerprint density at radius 1 is 1.20 bits per heavy atom. The molecule has 0 bridgehead atoms. The normalized spacial score (nSPS) is 14.7. The van der Waals surface area contributed by atoms with Gasteiger partial charge >= 0.3 is 0 Å². The van der Waals surface area contributed by atoms with Crippen LogP contribution in [0.5, 0.6) is 0 Å². The SMILES string of the molecule is CC.CC.CCc1nc(Cl)ncc1CN1CCOCC1. The standard InChI is InChI=1S/C11H16ClN3O.2C2H6/c1-2-10-9(7-13-11(12)14-10)8-15-3-5-16-6-4-15;2*1-2/h7H,2-6,8H2,1H3;2*1-2H3. The Labute approximate surface area is 128 Å². The smallest absolute Gasteiger partial charge is 0.222 e. The largest absolute Gasteiger partial charge is 0.379 e. The van der Waals surface area contributed by atoms with Crippen molar-refractivity contribution in [3.63, 3.8) is 0 Å². The van der Waals surface area contributed by atoms with E-state index in [-0.39, 0.29) is 0 Å². The maximum atomic E-state index is 5.78. The molecule has 1 aliphatic heterocycles. The first-order valence-electron chi connectivity index (χ1n) is 7.60. The molecular formula is C15H28ClN3O. The lowest BCUT2D eigenvalue weighted by Crippen LogP contribution is -2.36. The summed E-state index contributed by atoms with van der Waals surface area (Å²) >= 11 is 5.78. The Bertz CT molecular complexity index is 355. The summed E-state index contributed by atoms with van der Waals surface area (Å²) in [6.07, 6.45) is 2.73. The van der Waals surface area contributed by atoms with Gasteiger partial charge < -0.3 is 4.74 Å². The lowest BCUT2D eigenvalue weighted by molar-refractivity contribution is 0.0340. The number of hydrogen-bond donors (Lipinski definition) is 0. The molecule has 20 heavy (non-hydrogen) atoms. The molecule has 1 aromatic rings. The van der Waals surface area contributed by atoms with E-state index in [4.69, 9.17) is 16.3 Å². The highest BCUT2D eigenvalue weighted by molar-refractivity contribution is 6.28. The summed E-state index contributed by atoms with van der Waals surface area (Å²) < 4.78 is 5.32. The number of aromatic nitrogens is 2. The van der Waals surface area contributed by atoms with Crippen LogP contribution in [0, 0.1) is 0 Å². The number of hydrogen-bond acceptors (Lipinski definition) is 4. The quantitative estimate of drug-likeness (QED) is 0.800. The van der Waals surface area contributed by atoms with Gasteiger partial charge in [-0.15, -0.1) is 0 Å². The molecule has 0 aromatic carbocycles. The molecule has 1 aliphatic rings. The Kier molecular flexibility index (Phi) is 11.6. The molecule has 2 rings (SSSR count). The third-order valence-electron chi connectivity index (χ3n) is 2.76. The van der Waals surface area contributed by atoms with Crippen LogP contribution in [0.4, 0.5) is 0 Å². The molecule has 1 aromatic heterocycles. The lowest BCUT2D eigenvalue weighted by atomic mass is 10.2. The summed E-state index contributed by atoms with van der Waals surface area (Å²) in [4.78, 5) is 10.7. The molecule has 4 nitrogen and oxygen atoms in total. The molecule has 0 unspecified atom stereocenters. The number of rotatable bonds is 3. The fourth-order valence-electron chi connectivity index (χ4n) is 1.86. The Balaban J connectivity index is 0.000000829. The van der Waals surface area contributed by atoms with Crippen molar-refractivity contribution in [3.8, 4) is 0 Å². The summed E-state index contributed by atoms with van der Waals surface area (Å²) in [6, 6.07) is 0. The first kappa shape index (κ1) is 19.3. The van der Waals surface area contributed by atoms with Crippen molar-refractivity contribution in [1.29, 1.82) is 0 Å². The average molecular weight is 302 g/mol. The molecule has 2 heterocycles. The molecule has 0 spiro atoms. The molecule has 0 aliphatic carbocycles. The Hall–Kier alpha value is -0.710. The van der Waals surface area contributed by atoms with E-state index in [0.717, 1.165) is 45.0 Å². The topological polar surface area (TPSA) is 38.2 Å². The summed E-state index contributed by atoms with van der Waals surface area (Å²) in [5.41, 5.74) is 2.22. The Morgan fingerprint density at radius 3 is 2.35 bits per heavy atom. The summed E-state index contributed by atoms with van der Waals surface area (Å²) in [5, 5.41) is 0.336. The van der Waals surface area contributed by atoms with Gasteiger partial charge in [0.15, 0.2) is 0 Å². The van der Waals surface area contributed by atoms with Gasteiger partial charge in [-0.3, -0.25) is 4.90 Å². The zero-order valence-corrected chi connectivity index (χ0v) is 14.2. The highest BCUT2D eigenvalue weighted by Gasteiger charge is 2.13. The summed E-state index contributed by atoms with van der Waals surface area (Å²) in [6.45, 7) is 14.6. The van der Waals surface area contributed by atoms with Crippen LogP contribution in [0.3, 0.4) is 0 Å². The molecule has 1 saturated heterocycles. The Morgan fingerprint density at radius 2 is 1.80 bits per heavy atom. The van der Waals surface area contributed by atoms with Crippen LogP contribution in [0.1, 0.15) is 45.9 Å². The van der Waals surface area contributed by atoms with Crippen molar-refractivity contribution >= 4 is 11.6 Å². The van der Waals surface area contributed by atoms with Gasteiger partial charge in [0.1, 0.15) is 0 Å². The highest BCUT2D eigenvalue weighted by atomic mass is 35.5. The highest BCUT2D eigenvalue weighted by Crippen LogP contribution is 2.12. The second-order valence-electron chi connectivity index (χ2n) is 3.85. The van der Waals surface area contributed by atoms with Crippen molar-refractivity contribution in [2.24, 2.45) is 0 Å².